The van der Waals surface area contributed by atoms with Gasteiger partial charge >= 0.3 is 0 Å². The quantitative estimate of drug-likeness (QED) is 0.829. The molecule has 0 saturated carbocycles. The van der Waals surface area contributed by atoms with Crippen LogP contribution in [0.2, 0.25) is 5.02 Å². The van der Waals surface area contributed by atoms with Crippen LogP contribution in [-0.2, 0) is 0 Å². The molecule has 0 amide bonds. The molecular weight excluding hydrogens is 218 g/mol. The first kappa shape index (κ1) is 11.9. The molecular formula is C14H20ClN. The molecule has 0 aromatic heterocycles. The van der Waals surface area contributed by atoms with Gasteiger partial charge in [0.2, 0.25) is 0 Å². The van der Waals surface area contributed by atoms with Gasteiger partial charge in [-0.15, -0.1) is 0 Å². The van der Waals surface area contributed by atoms with Crippen LogP contribution in [0.5, 0.6) is 0 Å². The third-order valence-electron chi connectivity index (χ3n) is 3.80. The Kier molecular flexibility index (Phi) is 3.56. The van der Waals surface area contributed by atoms with E-state index in [1.54, 1.807) is 0 Å². The maximum atomic E-state index is 6.11. The number of halogens is 1. The topological polar surface area (TPSA) is 26.0 Å². The van der Waals surface area contributed by atoms with Gasteiger partial charge in [-0.1, -0.05) is 31.5 Å². The van der Waals surface area contributed by atoms with E-state index in [9.17, 15) is 0 Å². The highest BCUT2D eigenvalue weighted by Crippen LogP contribution is 2.42. The second-order valence-corrected chi connectivity index (χ2v) is 5.57. The Labute approximate surface area is 103 Å². The van der Waals surface area contributed by atoms with Gasteiger partial charge in [-0.3, -0.25) is 0 Å². The smallest absolute Gasteiger partial charge is 0.0409 e. The molecule has 0 radical (unpaired) electrons. The van der Waals surface area contributed by atoms with E-state index in [4.69, 9.17) is 17.3 Å². The fourth-order valence-electron chi connectivity index (χ4n) is 2.87. The van der Waals surface area contributed by atoms with Gasteiger partial charge in [0.15, 0.2) is 0 Å². The highest BCUT2D eigenvalue weighted by molar-refractivity contribution is 6.30. The third-order valence-corrected chi connectivity index (χ3v) is 4.04. The molecule has 1 nitrogen and oxygen atoms in total. The van der Waals surface area contributed by atoms with Crippen LogP contribution in [0.4, 0.5) is 0 Å². The van der Waals surface area contributed by atoms with Crippen molar-refractivity contribution < 1.29 is 0 Å². The summed E-state index contributed by atoms with van der Waals surface area (Å²) >= 11 is 6.11. The predicted octanol–water partition coefficient (Wildman–Crippen LogP) is 3.92. The summed E-state index contributed by atoms with van der Waals surface area (Å²) < 4.78 is 0. The minimum Gasteiger partial charge on any atom is -0.330 e. The van der Waals surface area contributed by atoms with Crippen molar-refractivity contribution in [2.75, 3.05) is 6.54 Å². The number of nitrogens with two attached hydrogens (primary N) is 1. The maximum Gasteiger partial charge on any atom is 0.0409 e. The minimum absolute atomic E-state index is 0.530. The van der Waals surface area contributed by atoms with Crippen LogP contribution in [-0.4, -0.2) is 6.54 Å². The molecule has 2 unspecified atom stereocenters. The second-order valence-electron chi connectivity index (χ2n) is 5.13. The summed E-state index contributed by atoms with van der Waals surface area (Å²) in [5, 5.41) is 0.849. The molecule has 2 heteroatoms. The Bertz CT molecular complexity index is 373. The molecule has 0 fully saturated rings. The van der Waals surface area contributed by atoms with Crippen molar-refractivity contribution in [3.63, 3.8) is 0 Å². The Morgan fingerprint density at radius 3 is 2.69 bits per heavy atom. The Balaban J connectivity index is 2.44. The van der Waals surface area contributed by atoms with Crippen LogP contribution >= 0.6 is 11.6 Å². The molecule has 1 aromatic carbocycles. The van der Waals surface area contributed by atoms with Crippen LogP contribution in [0.25, 0.3) is 0 Å². The largest absolute Gasteiger partial charge is 0.330 e. The summed E-state index contributed by atoms with van der Waals surface area (Å²) in [5.41, 5.74) is 8.71. The molecule has 2 rings (SSSR count). The van der Waals surface area contributed by atoms with Gasteiger partial charge in [-0.2, -0.15) is 0 Å². The molecule has 0 saturated heterocycles. The lowest BCUT2D eigenvalue weighted by Crippen LogP contribution is -2.23. The van der Waals surface area contributed by atoms with Crippen molar-refractivity contribution in [3.8, 4) is 0 Å². The van der Waals surface area contributed by atoms with Gasteiger partial charge in [0.1, 0.15) is 0 Å². The SMILES string of the molecule is CC(C)C1CCC(CN)c2ccc(Cl)cc21. The van der Waals surface area contributed by atoms with Crippen LogP contribution < -0.4 is 5.73 Å². The monoisotopic (exact) mass is 237 g/mol. The lowest BCUT2D eigenvalue weighted by Gasteiger charge is -2.33. The molecule has 2 N–H and O–H groups in total. The van der Waals surface area contributed by atoms with Crippen LogP contribution in [0.15, 0.2) is 18.2 Å². The molecule has 2 atom stereocenters. The highest BCUT2D eigenvalue weighted by Gasteiger charge is 2.28. The summed E-state index contributed by atoms with van der Waals surface area (Å²) in [6, 6.07) is 6.30. The average molecular weight is 238 g/mol. The molecule has 16 heavy (non-hydrogen) atoms. The summed E-state index contributed by atoms with van der Waals surface area (Å²) in [4.78, 5) is 0. The Hall–Kier alpha value is -0.530. The number of hydrogen-bond donors (Lipinski definition) is 1. The summed E-state index contributed by atoms with van der Waals surface area (Å²) in [6.45, 7) is 5.33. The summed E-state index contributed by atoms with van der Waals surface area (Å²) in [5.74, 6) is 1.86. The first-order valence-corrected chi connectivity index (χ1v) is 6.50. The summed E-state index contributed by atoms with van der Waals surface area (Å²) in [7, 11) is 0. The van der Waals surface area contributed by atoms with Crippen molar-refractivity contribution in [1.82, 2.24) is 0 Å². The van der Waals surface area contributed by atoms with E-state index in [0.717, 1.165) is 11.6 Å². The van der Waals surface area contributed by atoms with E-state index < -0.39 is 0 Å². The van der Waals surface area contributed by atoms with Crippen LogP contribution in [0.3, 0.4) is 0 Å². The zero-order chi connectivity index (χ0) is 11.7. The fourth-order valence-corrected chi connectivity index (χ4v) is 3.05. The molecule has 0 spiro atoms. The molecule has 88 valence electrons. The molecule has 1 aliphatic carbocycles. The van der Waals surface area contributed by atoms with E-state index in [0.29, 0.717) is 17.8 Å². The van der Waals surface area contributed by atoms with Gasteiger partial charge in [-0.25, -0.2) is 0 Å². The number of fused-ring (bicyclic) bond motifs is 1. The predicted molar refractivity (Wildman–Crippen MR) is 70.1 cm³/mol. The first-order chi connectivity index (χ1) is 7.63. The molecule has 0 bridgehead atoms. The van der Waals surface area contributed by atoms with Crippen molar-refractivity contribution in [1.29, 1.82) is 0 Å². The van der Waals surface area contributed by atoms with Gasteiger partial charge in [0, 0.05) is 5.02 Å². The molecule has 1 aromatic rings. The zero-order valence-corrected chi connectivity index (χ0v) is 10.8. The van der Waals surface area contributed by atoms with Crippen molar-refractivity contribution in [3.05, 3.63) is 34.3 Å². The van der Waals surface area contributed by atoms with Crippen molar-refractivity contribution in [2.45, 2.75) is 38.5 Å². The minimum atomic E-state index is 0.530. The van der Waals surface area contributed by atoms with E-state index in [1.165, 1.54) is 24.0 Å². The molecule has 1 aliphatic rings. The van der Waals surface area contributed by atoms with Crippen LogP contribution in [0, 0.1) is 5.92 Å². The highest BCUT2D eigenvalue weighted by atomic mass is 35.5. The number of hydrogen-bond acceptors (Lipinski definition) is 1. The molecule has 0 heterocycles. The van der Waals surface area contributed by atoms with Gasteiger partial charge < -0.3 is 5.73 Å². The first-order valence-electron chi connectivity index (χ1n) is 6.13. The van der Waals surface area contributed by atoms with Gasteiger partial charge in [0.25, 0.3) is 0 Å². The normalized spacial score (nSPS) is 24.6. The Morgan fingerprint density at radius 2 is 2.06 bits per heavy atom. The third kappa shape index (κ3) is 2.11. The van der Waals surface area contributed by atoms with E-state index in [2.05, 4.69) is 26.0 Å². The zero-order valence-electron chi connectivity index (χ0n) is 10.0. The lowest BCUT2D eigenvalue weighted by atomic mass is 9.72. The second kappa shape index (κ2) is 4.77. The number of benzene rings is 1. The average Bonchev–Trinajstić information content (AvgIpc) is 2.26. The summed E-state index contributed by atoms with van der Waals surface area (Å²) in [6.07, 6.45) is 2.46. The lowest BCUT2D eigenvalue weighted by molar-refractivity contribution is 0.403. The number of rotatable bonds is 2. The molecule has 0 aliphatic heterocycles. The van der Waals surface area contributed by atoms with E-state index in [1.807, 2.05) is 6.07 Å². The van der Waals surface area contributed by atoms with Crippen LogP contribution in [0.1, 0.15) is 49.7 Å². The fraction of sp³-hybridized carbons (Fsp3) is 0.571. The van der Waals surface area contributed by atoms with E-state index >= 15 is 0 Å². The standard InChI is InChI=1S/C14H20ClN/c1-9(2)12-5-3-10(8-16)13-6-4-11(15)7-14(12)13/h4,6-7,9-10,12H,3,5,8,16H2,1-2H3. The Morgan fingerprint density at radius 1 is 1.31 bits per heavy atom. The van der Waals surface area contributed by atoms with Crippen molar-refractivity contribution >= 4 is 11.6 Å². The maximum absolute atomic E-state index is 6.11. The van der Waals surface area contributed by atoms with E-state index in [-0.39, 0.29) is 0 Å². The van der Waals surface area contributed by atoms with Crippen molar-refractivity contribution in [2.24, 2.45) is 11.7 Å². The van der Waals surface area contributed by atoms with Gasteiger partial charge in [-0.05, 0) is 60.4 Å². The van der Waals surface area contributed by atoms with Gasteiger partial charge in [0.05, 0.1) is 0 Å².